The summed E-state index contributed by atoms with van der Waals surface area (Å²) >= 11 is 6.02. The second-order valence-electron chi connectivity index (χ2n) is 4.05. The van der Waals surface area contributed by atoms with Crippen molar-refractivity contribution in [2.24, 2.45) is 5.14 Å². The van der Waals surface area contributed by atoms with Crippen molar-refractivity contribution in [1.82, 2.24) is 0 Å². The van der Waals surface area contributed by atoms with Crippen LogP contribution in [0.15, 0.2) is 23.1 Å². The molecule has 1 aliphatic rings. The summed E-state index contributed by atoms with van der Waals surface area (Å²) in [5.41, 5.74) is 0.718. The van der Waals surface area contributed by atoms with Crippen molar-refractivity contribution in [1.29, 1.82) is 0 Å². The molecule has 1 atom stereocenters. The van der Waals surface area contributed by atoms with Crippen molar-refractivity contribution < 1.29 is 13.5 Å². The number of halogens is 1. The first-order valence-corrected chi connectivity index (χ1v) is 7.06. The van der Waals surface area contributed by atoms with Gasteiger partial charge in [0, 0.05) is 13.1 Å². The van der Waals surface area contributed by atoms with Crippen LogP contribution in [0.5, 0.6) is 0 Å². The predicted octanol–water partition coefficient (Wildman–Crippen LogP) is 0.558. The van der Waals surface area contributed by atoms with Gasteiger partial charge in [0.05, 0.1) is 21.7 Å². The second kappa shape index (κ2) is 4.45. The van der Waals surface area contributed by atoms with Crippen LogP contribution >= 0.6 is 11.6 Å². The van der Waals surface area contributed by atoms with Gasteiger partial charge in [0.25, 0.3) is 0 Å². The molecule has 7 heteroatoms. The number of nitrogens with zero attached hydrogens (tertiary/aromatic N) is 1. The number of β-amino-alcohol motifs (C(OH)–C–C–N with tert-alkyl or cyclic N) is 1. The van der Waals surface area contributed by atoms with Gasteiger partial charge < -0.3 is 10.0 Å². The molecule has 1 aliphatic heterocycles. The SMILES string of the molecule is NS(=O)(=O)c1ccc(N2CC[C@H](O)C2)c(Cl)c1. The number of nitrogens with two attached hydrogens (primary N) is 1. The third kappa shape index (κ3) is 2.71. The van der Waals surface area contributed by atoms with Crippen LogP contribution < -0.4 is 10.0 Å². The summed E-state index contributed by atoms with van der Waals surface area (Å²) in [6.07, 6.45) is 0.330. The maximum atomic E-state index is 11.1. The Hall–Kier alpha value is -0.820. The number of primary sulfonamides is 1. The number of hydrogen-bond acceptors (Lipinski definition) is 4. The van der Waals surface area contributed by atoms with Gasteiger partial charge in [-0.25, -0.2) is 13.6 Å². The average Bonchev–Trinajstić information content (AvgIpc) is 2.63. The molecule has 1 saturated heterocycles. The molecule has 5 nitrogen and oxygen atoms in total. The van der Waals surface area contributed by atoms with E-state index >= 15 is 0 Å². The van der Waals surface area contributed by atoms with Crippen LogP contribution in [0, 0.1) is 0 Å². The highest BCUT2D eigenvalue weighted by Crippen LogP contribution is 2.30. The third-order valence-corrected chi connectivity index (χ3v) is 3.97. The Balaban J connectivity index is 2.32. The predicted molar refractivity (Wildman–Crippen MR) is 65.7 cm³/mol. The molecular weight excluding hydrogens is 264 g/mol. The highest BCUT2D eigenvalue weighted by atomic mass is 35.5. The normalized spacial score (nSPS) is 20.9. The van der Waals surface area contributed by atoms with E-state index in [0.29, 0.717) is 24.5 Å². The first-order chi connectivity index (χ1) is 7.88. The second-order valence-corrected chi connectivity index (χ2v) is 6.02. The topological polar surface area (TPSA) is 83.6 Å². The molecule has 0 bridgehead atoms. The summed E-state index contributed by atoms with van der Waals surface area (Å²) in [6.45, 7) is 1.21. The molecule has 1 aromatic rings. The van der Waals surface area contributed by atoms with E-state index in [1.54, 1.807) is 6.07 Å². The zero-order chi connectivity index (χ0) is 12.6. The minimum atomic E-state index is -3.73. The number of aliphatic hydroxyl groups is 1. The van der Waals surface area contributed by atoms with Gasteiger partial charge in [-0.3, -0.25) is 0 Å². The van der Waals surface area contributed by atoms with E-state index in [0.717, 1.165) is 5.69 Å². The summed E-state index contributed by atoms with van der Waals surface area (Å²) in [4.78, 5) is 1.91. The first-order valence-electron chi connectivity index (χ1n) is 5.13. The number of benzene rings is 1. The summed E-state index contributed by atoms with van der Waals surface area (Å²) in [5.74, 6) is 0. The number of sulfonamides is 1. The number of aliphatic hydroxyl groups excluding tert-OH is 1. The number of hydrogen-bond donors (Lipinski definition) is 2. The smallest absolute Gasteiger partial charge is 0.238 e. The molecule has 2 rings (SSSR count). The number of rotatable bonds is 2. The molecule has 0 radical (unpaired) electrons. The fourth-order valence-electron chi connectivity index (χ4n) is 1.88. The van der Waals surface area contributed by atoms with Gasteiger partial charge in [0.1, 0.15) is 0 Å². The summed E-state index contributed by atoms with van der Waals surface area (Å²) in [5, 5.41) is 14.8. The Morgan fingerprint density at radius 2 is 2.18 bits per heavy atom. The van der Waals surface area contributed by atoms with Crippen molar-refractivity contribution in [2.75, 3.05) is 18.0 Å². The lowest BCUT2D eigenvalue weighted by atomic mass is 10.3. The molecule has 1 fully saturated rings. The molecular formula is C10H13ClN2O3S. The van der Waals surface area contributed by atoms with Crippen LogP contribution in [0.25, 0.3) is 0 Å². The summed E-state index contributed by atoms with van der Waals surface area (Å²) < 4.78 is 22.3. The monoisotopic (exact) mass is 276 g/mol. The Kier molecular flexibility index (Phi) is 3.31. The van der Waals surface area contributed by atoms with Gasteiger partial charge in [-0.2, -0.15) is 0 Å². The van der Waals surface area contributed by atoms with Crippen LogP contribution in [0.1, 0.15) is 6.42 Å². The lowest BCUT2D eigenvalue weighted by molar-refractivity contribution is 0.198. The largest absolute Gasteiger partial charge is 0.391 e. The Labute approximate surface area is 105 Å². The average molecular weight is 277 g/mol. The van der Waals surface area contributed by atoms with E-state index in [4.69, 9.17) is 16.7 Å². The molecule has 0 aromatic heterocycles. The molecule has 0 aliphatic carbocycles. The molecule has 0 unspecified atom stereocenters. The quantitative estimate of drug-likeness (QED) is 0.827. The molecule has 0 amide bonds. The van der Waals surface area contributed by atoms with Gasteiger partial charge >= 0.3 is 0 Å². The molecule has 1 aromatic carbocycles. The van der Waals surface area contributed by atoms with Gasteiger partial charge in [-0.05, 0) is 24.6 Å². The Morgan fingerprint density at radius 1 is 1.47 bits per heavy atom. The fraction of sp³-hybridized carbons (Fsp3) is 0.400. The molecule has 0 spiro atoms. The van der Waals surface area contributed by atoms with Crippen molar-refractivity contribution in [3.63, 3.8) is 0 Å². The summed E-state index contributed by atoms with van der Waals surface area (Å²) in [6, 6.07) is 4.36. The summed E-state index contributed by atoms with van der Waals surface area (Å²) in [7, 11) is -3.73. The van der Waals surface area contributed by atoms with Crippen LogP contribution in [0.2, 0.25) is 5.02 Å². The zero-order valence-electron chi connectivity index (χ0n) is 9.01. The van der Waals surface area contributed by atoms with Crippen LogP contribution in [0.3, 0.4) is 0 Å². The van der Waals surface area contributed by atoms with Crippen molar-refractivity contribution in [2.45, 2.75) is 17.4 Å². The van der Waals surface area contributed by atoms with Gasteiger partial charge in [0.2, 0.25) is 10.0 Å². The van der Waals surface area contributed by atoms with Crippen LogP contribution in [-0.4, -0.2) is 32.7 Å². The van der Waals surface area contributed by atoms with Gasteiger partial charge in [-0.1, -0.05) is 11.6 Å². The Bertz CT molecular complexity index is 532. The van der Waals surface area contributed by atoms with E-state index in [1.165, 1.54) is 12.1 Å². The standard InChI is InChI=1S/C10H13ClN2O3S/c11-9-5-8(17(12,15)16)1-2-10(9)13-4-3-7(14)6-13/h1-2,5,7,14H,3-4,6H2,(H2,12,15,16)/t7-/m0/s1. The van der Waals surface area contributed by atoms with Crippen molar-refractivity contribution >= 4 is 27.3 Å². The minimum Gasteiger partial charge on any atom is -0.391 e. The van der Waals surface area contributed by atoms with Crippen molar-refractivity contribution in [3.8, 4) is 0 Å². The van der Waals surface area contributed by atoms with Crippen LogP contribution in [-0.2, 0) is 10.0 Å². The van der Waals surface area contributed by atoms with E-state index in [2.05, 4.69) is 0 Å². The van der Waals surface area contributed by atoms with Gasteiger partial charge in [0.15, 0.2) is 0 Å². The van der Waals surface area contributed by atoms with Gasteiger partial charge in [-0.15, -0.1) is 0 Å². The molecule has 17 heavy (non-hydrogen) atoms. The highest BCUT2D eigenvalue weighted by Gasteiger charge is 2.22. The first kappa shape index (κ1) is 12.6. The van der Waals surface area contributed by atoms with E-state index in [9.17, 15) is 13.5 Å². The highest BCUT2D eigenvalue weighted by molar-refractivity contribution is 7.89. The zero-order valence-corrected chi connectivity index (χ0v) is 10.6. The lowest BCUT2D eigenvalue weighted by Crippen LogP contribution is -2.21. The molecule has 1 heterocycles. The maximum absolute atomic E-state index is 11.1. The van der Waals surface area contributed by atoms with Crippen LogP contribution in [0.4, 0.5) is 5.69 Å². The molecule has 94 valence electrons. The molecule has 3 N–H and O–H groups in total. The molecule has 0 saturated carbocycles. The van der Waals surface area contributed by atoms with E-state index < -0.39 is 10.0 Å². The third-order valence-electron chi connectivity index (χ3n) is 2.75. The van der Waals surface area contributed by atoms with Crippen molar-refractivity contribution in [3.05, 3.63) is 23.2 Å². The Morgan fingerprint density at radius 3 is 2.65 bits per heavy atom. The fourth-order valence-corrected chi connectivity index (χ4v) is 2.79. The minimum absolute atomic E-state index is 0.00834. The number of anilines is 1. The van der Waals surface area contributed by atoms with E-state index in [1.807, 2.05) is 4.90 Å². The van der Waals surface area contributed by atoms with E-state index in [-0.39, 0.29) is 11.0 Å². The maximum Gasteiger partial charge on any atom is 0.238 e. The lowest BCUT2D eigenvalue weighted by Gasteiger charge is -2.19.